The molecule has 2 N–H and O–H groups in total. The maximum atomic E-state index is 13.4. The van der Waals surface area contributed by atoms with Gasteiger partial charge in [0, 0.05) is 12.8 Å². The van der Waals surface area contributed by atoms with Gasteiger partial charge in [-0.1, -0.05) is 115 Å². The maximum absolute atomic E-state index is 13.4. The zero-order chi connectivity index (χ0) is 28.2. The van der Waals surface area contributed by atoms with Gasteiger partial charge in [0.15, 0.2) is 0 Å². The molecule has 4 aromatic carbocycles. The highest BCUT2D eigenvalue weighted by atomic mass is 16.5. The van der Waals surface area contributed by atoms with Crippen molar-refractivity contribution < 1.29 is 23.9 Å². The Bertz CT molecular complexity index is 1380. The minimum atomic E-state index is -0.974. The smallest absolute Gasteiger partial charge is 0.408 e. The summed E-state index contributed by atoms with van der Waals surface area (Å²) < 4.78 is 10.3. The lowest BCUT2D eigenvalue weighted by molar-refractivity contribution is -0.145. The average Bonchev–Trinajstić information content (AvgIpc) is 3.00. The van der Waals surface area contributed by atoms with Crippen LogP contribution in [0.4, 0.5) is 4.79 Å². The number of amides is 2. The van der Waals surface area contributed by atoms with Crippen molar-refractivity contribution in [1.82, 2.24) is 10.6 Å². The standard InChI is InChI=1S/C33H32N2O5/c1-39-32(37)30(22-25-17-19-28(20-18-25)27-15-9-4-10-16-27)34-31(36)29(21-24-11-5-2-6-12-24)35-33(38)40-23-26-13-7-3-8-14-26/h2-20,29-30H,21-23H2,1H3,(H,34,36)(H,35,38)/t29-,30+/m0/s1. The van der Waals surface area contributed by atoms with Gasteiger partial charge in [-0.2, -0.15) is 0 Å². The van der Waals surface area contributed by atoms with Crippen LogP contribution in [0.25, 0.3) is 11.1 Å². The molecule has 0 aliphatic heterocycles. The molecule has 0 bridgehead atoms. The summed E-state index contributed by atoms with van der Waals surface area (Å²) in [5, 5.41) is 5.44. The van der Waals surface area contributed by atoms with Gasteiger partial charge in [0.2, 0.25) is 5.91 Å². The lowest BCUT2D eigenvalue weighted by Gasteiger charge is -2.22. The van der Waals surface area contributed by atoms with E-state index in [2.05, 4.69) is 10.6 Å². The highest BCUT2D eigenvalue weighted by molar-refractivity contribution is 5.90. The van der Waals surface area contributed by atoms with Gasteiger partial charge in [0.1, 0.15) is 18.7 Å². The molecule has 4 rings (SSSR count). The van der Waals surface area contributed by atoms with Gasteiger partial charge < -0.3 is 20.1 Å². The van der Waals surface area contributed by atoms with Crippen molar-refractivity contribution in [3.05, 3.63) is 132 Å². The van der Waals surface area contributed by atoms with Crippen molar-refractivity contribution >= 4 is 18.0 Å². The molecule has 0 heterocycles. The van der Waals surface area contributed by atoms with E-state index < -0.39 is 30.1 Å². The first kappa shape index (κ1) is 28.1. The number of hydrogen-bond acceptors (Lipinski definition) is 5. The van der Waals surface area contributed by atoms with Crippen molar-refractivity contribution in [3.8, 4) is 11.1 Å². The van der Waals surface area contributed by atoms with Gasteiger partial charge in [-0.05, 0) is 27.8 Å². The van der Waals surface area contributed by atoms with Gasteiger partial charge in [0.05, 0.1) is 7.11 Å². The van der Waals surface area contributed by atoms with E-state index in [-0.39, 0.29) is 19.4 Å². The molecule has 4 aromatic rings. The highest BCUT2D eigenvalue weighted by Gasteiger charge is 2.28. The summed E-state index contributed by atoms with van der Waals surface area (Å²) in [4.78, 5) is 38.7. The van der Waals surface area contributed by atoms with Crippen molar-refractivity contribution in [3.63, 3.8) is 0 Å². The van der Waals surface area contributed by atoms with E-state index in [0.29, 0.717) is 0 Å². The minimum Gasteiger partial charge on any atom is -0.467 e. The Morgan fingerprint density at radius 1 is 0.600 bits per heavy atom. The van der Waals surface area contributed by atoms with Crippen molar-refractivity contribution in [2.45, 2.75) is 31.5 Å². The SMILES string of the molecule is COC(=O)[C@@H](Cc1ccc(-c2ccccc2)cc1)NC(=O)[C@H](Cc1ccccc1)NC(=O)OCc1ccccc1. The predicted octanol–water partition coefficient (Wildman–Crippen LogP) is 5.09. The van der Waals surface area contributed by atoms with Gasteiger partial charge in [-0.3, -0.25) is 4.79 Å². The first-order valence-corrected chi connectivity index (χ1v) is 13.1. The summed E-state index contributed by atoms with van der Waals surface area (Å²) in [5.74, 6) is -1.09. The van der Waals surface area contributed by atoms with Crippen LogP contribution in [-0.2, 0) is 38.5 Å². The summed E-state index contributed by atoms with van der Waals surface area (Å²) in [6.07, 6.45) is -0.289. The number of ether oxygens (including phenoxy) is 2. The maximum Gasteiger partial charge on any atom is 0.408 e. The Labute approximate surface area is 234 Å². The van der Waals surface area contributed by atoms with Crippen LogP contribution in [0, 0.1) is 0 Å². The molecule has 7 nitrogen and oxygen atoms in total. The third kappa shape index (κ3) is 8.30. The van der Waals surface area contributed by atoms with E-state index in [1.165, 1.54) is 7.11 Å². The number of alkyl carbamates (subject to hydrolysis) is 1. The molecular weight excluding hydrogens is 504 g/mol. The Balaban J connectivity index is 1.45. The molecule has 7 heteroatoms. The van der Waals surface area contributed by atoms with Crippen LogP contribution in [0.5, 0.6) is 0 Å². The molecule has 0 aliphatic rings. The summed E-state index contributed by atoms with van der Waals surface area (Å²) in [6.45, 7) is 0.0656. The van der Waals surface area contributed by atoms with E-state index in [1.807, 2.05) is 115 Å². The lowest BCUT2D eigenvalue weighted by atomic mass is 10.00. The fourth-order valence-electron chi connectivity index (χ4n) is 4.27. The topological polar surface area (TPSA) is 93.7 Å². The van der Waals surface area contributed by atoms with Gasteiger partial charge >= 0.3 is 12.1 Å². The zero-order valence-corrected chi connectivity index (χ0v) is 22.3. The quantitative estimate of drug-likeness (QED) is 0.261. The van der Waals surface area contributed by atoms with Crippen molar-refractivity contribution in [2.75, 3.05) is 7.11 Å². The largest absolute Gasteiger partial charge is 0.467 e. The molecule has 0 aromatic heterocycles. The minimum absolute atomic E-state index is 0.0656. The number of rotatable bonds is 11. The molecule has 0 spiro atoms. The molecule has 204 valence electrons. The van der Waals surface area contributed by atoms with E-state index in [0.717, 1.165) is 27.8 Å². The summed E-state index contributed by atoms with van der Waals surface area (Å²) in [5.41, 5.74) is 4.65. The molecule has 0 aliphatic carbocycles. The Kier molecular flexibility index (Phi) is 10.0. The zero-order valence-electron chi connectivity index (χ0n) is 22.3. The predicted molar refractivity (Wildman–Crippen MR) is 153 cm³/mol. The van der Waals surface area contributed by atoms with Crippen LogP contribution in [0.3, 0.4) is 0 Å². The average molecular weight is 537 g/mol. The molecule has 0 saturated heterocycles. The van der Waals surface area contributed by atoms with Gasteiger partial charge in [-0.25, -0.2) is 9.59 Å². The third-order valence-corrected chi connectivity index (χ3v) is 6.41. The number of esters is 1. The van der Waals surface area contributed by atoms with E-state index in [4.69, 9.17) is 9.47 Å². The number of carbonyl (C=O) groups excluding carboxylic acids is 3. The first-order valence-electron chi connectivity index (χ1n) is 13.1. The Morgan fingerprint density at radius 3 is 1.70 bits per heavy atom. The second kappa shape index (κ2) is 14.3. The summed E-state index contributed by atoms with van der Waals surface area (Å²) >= 11 is 0. The fraction of sp³-hybridized carbons (Fsp3) is 0.182. The lowest BCUT2D eigenvalue weighted by Crippen LogP contribution is -2.53. The van der Waals surface area contributed by atoms with Crippen LogP contribution in [0.2, 0.25) is 0 Å². The number of nitrogens with one attached hydrogen (secondary N) is 2. The summed E-state index contributed by atoms with van der Waals surface area (Å²) in [7, 11) is 1.28. The van der Waals surface area contributed by atoms with E-state index in [9.17, 15) is 14.4 Å². The number of methoxy groups -OCH3 is 1. The van der Waals surface area contributed by atoms with Crippen LogP contribution >= 0.6 is 0 Å². The van der Waals surface area contributed by atoms with Crippen LogP contribution in [-0.4, -0.2) is 37.2 Å². The highest BCUT2D eigenvalue weighted by Crippen LogP contribution is 2.20. The van der Waals surface area contributed by atoms with Crippen LogP contribution in [0.1, 0.15) is 16.7 Å². The normalized spacial score (nSPS) is 12.0. The Morgan fingerprint density at radius 2 is 1.10 bits per heavy atom. The van der Waals surface area contributed by atoms with Crippen LogP contribution < -0.4 is 10.6 Å². The molecule has 40 heavy (non-hydrogen) atoms. The van der Waals surface area contributed by atoms with Crippen molar-refractivity contribution in [2.24, 2.45) is 0 Å². The summed E-state index contributed by atoms with van der Waals surface area (Å²) in [6, 6.07) is 34.4. The molecule has 2 atom stereocenters. The molecule has 0 fully saturated rings. The van der Waals surface area contributed by atoms with Gasteiger partial charge in [-0.15, -0.1) is 0 Å². The molecular formula is C33H32N2O5. The molecule has 0 radical (unpaired) electrons. The Hall–Kier alpha value is -4.91. The third-order valence-electron chi connectivity index (χ3n) is 6.41. The van der Waals surface area contributed by atoms with E-state index in [1.54, 1.807) is 0 Å². The molecule has 0 unspecified atom stereocenters. The molecule has 0 saturated carbocycles. The number of carbonyl (C=O) groups is 3. The second-order valence-corrected chi connectivity index (χ2v) is 9.30. The fourth-order valence-corrected chi connectivity index (χ4v) is 4.27. The number of hydrogen-bond donors (Lipinski definition) is 2. The second-order valence-electron chi connectivity index (χ2n) is 9.30. The first-order chi connectivity index (χ1) is 19.5. The van der Waals surface area contributed by atoms with Crippen molar-refractivity contribution in [1.29, 1.82) is 0 Å². The van der Waals surface area contributed by atoms with Gasteiger partial charge in [0.25, 0.3) is 0 Å². The van der Waals surface area contributed by atoms with E-state index >= 15 is 0 Å². The monoisotopic (exact) mass is 536 g/mol. The van der Waals surface area contributed by atoms with Crippen LogP contribution in [0.15, 0.2) is 115 Å². The number of benzene rings is 4. The molecule has 2 amide bonds.